The van der Waals surface area contributed by atoms with E-state index in [4.69, 9.17) is 9.47 Å². The Hall–Kier alpha value is -4.18. The van der Waals surface area contributed by atoms with Crippen LogP contribution in [-0.2, 0) is 19.1 Å². The molecule has 1 aliphatic rings. The van der Waals surface area contributed by atoms with Crippen LogP contribution in [0, 0.1) is 0 Å². The van der Waals surface area contributed by atoms with Crippen molar-refractivity contribution in [1.29, 1.82) is 0 Å². The number of esters is 1. The molecule has 0 aromatic heterocycles. The monoisotopic (exact) mass is 508 g/mol. The van der Waals surface area contributed by atoms with Crippen molar-refractivity contribution in [1.82, 2.24) is 0 Å². The van der Waals surface area contributed by atoms with Crippen LogP contribution in [0.25, 0.3) is 5.76 Å². The molecule has 5 nitrogen and oxygen atoms in total. The molecule has 0 unspecified atom stereocenters. The Bertz CT molecular complexity index is 1410. The molecule has 1 atom stereocenters. The molecule has 0 saturated heterocycles. The van der Waals surface area contributed by atoms with E-state index >= 15 is 0 Å². The number of benzene rings is 4. The van der Waals surface area contributed by atoms with E-state index in [-0.39, 0.29) is 11.1 Å². The third-order valence-electron chi connectivity index (χ3n) is 6.38. The Morgan fingerprint density at radius 3 is 1.54 bits per heavy atom. The summed E-state index contributed by atoms with van der Waals surface area (Å²) in [7, 11) is 1.24. The van der Waals surface area contributed by atoms with Gasteiger partial charge < -0.3 is 14.6 Å². The van der Waals surface area contributed by atoms with E-state index in [9.17, 15) is 14.7 Å². The van der Waals surface area contributed by atoms with Crippen molar-refractivity contribution in [3.8, 4) is 0 Å². The van der Waals surface area contributed by atoms with Crippen molar-refractivity contribution in [3.63, 3.8) is 0 Å². The Kier molecular flexibility index (Phi) is 6.66. The van der Waals surface area contributed by atoms with Gasteiger partial charge in [0.25, 0.3) is 0 Å². The molecule has 184 valence electrons. The number of aliphatic hydroxyl groups is 1. The number of ketones is 1. The molecule has 6 heteroatoms. The van der Waals surface area contributed by atoms with Gasteiger partial charge in [0.15, 0.2) is 0 Å². The summed E-state index contributed by atoms with van der Waals surface area (Å²) in [5, 5.41) is 14.3. The largest absolute Gasteiger partial charge is 0.465 e. The maximum absolute atomic E-state index is 13.8. The number of hydrogen-bond acceptors (Lipinski definition) is 5. The Labute approximate surface area is 215 Å². The molecule has 0 spiro atoms. The summed E-state index contributed by atoms with van der Waals surface area (Å²) in [6.07, 6.45) is 1.24. The highest BCUT2D eigenvalue weighted by molar-refractivity contribution is 7.96. The van der Waals surface area contributed by atoms with E-state index in [0.29, 0.717) is 5.56 Å². The number of carbonyl (C=O) groups is 2. The van der Waals surface area contributed by atoms with Crippen LogP contribution in [0.3, 0.4) is 0 Å². The SMILES string of the molecule is COC(=O)C([C@@]1(O)OC(c2ccccc2)=CC1=O)=P(c1ccccc1)(c1ccccc1)c1ccccc1. The fourth-order valence-corrected chi connectivity index (χ4v) is 9.26. The van der Waals surface area contributed by atoms with Gasteiger partial charge in [-0.1, -0.05) is 121 Å². The fraction of sp³-hybridized carbons (Fsp3) is 0.0645. The van der Waals surface area contributed by atoms with Crippen LogP contribution in [-0.4, -0.2) is 35.0 Å². The van der Waals surface area contributed by atoms with Crippen LogP contribution in [0.4, 0.5) is 0 Å². The van der Waals surface area contributed by atoms with E-state index in [1.54, 1.807) is 12.1 Å². The minimum atomic E-state index is -3.19. The van der Waals surface area contributed by atoms with E-state index in [1.807, 2.05) is 109 Å². The van der Waals surface area contributed by atoms with Crippen molar-refractivity contribution in [2.45, 2.75) is 5.79 Å². The summed E-state index contributed by atoms with van der Waals surface area (Å²) >= 11 is 0. The first-order valence-electron chi connectivity index (χ1n) is 11.8. The van der Waals surface area contributed by atoms with Gasteiger partial charge in [0.1, 0.15) is 11.1 Å². The topological polar surface area (TPSA) is 72.8 Å². The van der Waals surface area contributed by atoms with E-state index in [2.05, 4.69) is 0 Å². The van der Waals surface area contributed by atoms with Gasteiger partial charge in [0.05, 0.1) is 7.11 Å². The molecule has 1 N–H and O–H groups in total. The zero-order valence-electron chi connectivity index (χ0n) is 20.2. The number of hydrogen-bond donors (Lipinski definition) is 1. The second-order valence-electron chi connectivity index (χ2n) is 8.50. The van der Waals surface area contributed by atoms with Gasteiger partial charge in [-0.25, -0.2) is 4.79 Å². The van der Waals surface area contributed by atoms with Crippen LogP contribution in [0.1, 0.15) is 5.56 Å². The highest BCUT2D eigenvalue weighted by Gasteiger charge is 2.55. The minimum Gasteiger partial charge on any atom is -0.465 e. The fourth-order valence-electron chi connectivity index (χ4n) is 4.75. The molecule has 4 aromatic carbocycles. The molecule has 0 saturated carbocycles. The predicted molar refractivity (Wildman–Crippen MR) is 148 cm³/mol. The molecule has 0 amide bonds. The summed E-state index contributed by atoms with van der Waals surface area (Å²) in [4.78, 5) is 27.4. The van der Waals surface area contributed by atoms with Gasteiger partial charge in [0.2, 0.25) is 5.78 Å². The quantitative estimate of drug-likeness (QED) is 0.318. The summed E-state index contributed by atoms with van der Waals surface area (Å²) in [6, 6.07) is 37.3. The molecule has 5 rings (SSSR count). The van der Waals surface area contributed by atoms with Crippen molar-refractivity contribution in [2.24, 2.45) is 0 Å². The molecule has 37 heavy (non-hydrogen) atoms. The summed E-state index contributed by atoms with van der Waals surface area (Å²) in [6.45, 7) is -3.19. The molecule has 0 fully saturated rings. The van der Waals surface area contributed by atoms with Crippen LogP contribution in [0.15, 0.2) is 127 Å². The Morgan fingerprint density at radius 1 is 0.730 bits per heavy atom. The summed E-state index contributed by atoms with van der Waals surface area (Å²) in [5.74, 6) is -3.95. The summed E-state index contributed by atoms with van der Waals surface area (Å²) < 4.78 is 11.3. The van der Waals surface area contributed by atoms with E-state index in [0.717, 1.165) is 15.9 Å². The average Bonchev–Trinajstić information content (AvgIpc) is 3.27. The average molecular weight is 509 g/mol. The van der Waals surface area contributed by atoms with Crippen LogP contribution in [0.2, 0.25) is 0 Å². The molecule has 1 aliphatic heterocycles. The minimum absolute atomic E-state index is 0.140. The van der Waals surface area contributed by atoms with Gasteiger partial charge in [-0.15, -0.1) is 0 Å². The Balaban J connectivity index is 1.94. The lowest BCUT2D eigenvalue weighted by molar-refractivity contribution is -0.152. The van der Waals surface area contributed by atoms with Gasteiger partial charge in [-0.3, -0.25) is 4.79 Å². The highest BCUT2D eigenvalue weighted by Crippen LogP contribution is 2.50. The Morgan fingerprint density at radius 2 is 1.14 bits per heavy atom. The van der Waals surface area contributed by atoms with Crippen molar-refractivity contribution < 1.29 is 24.2 Å². The maximum Gasteiger partial charge on any atom is 0.342 e. The first-order valence-corrected chi connectivity index (χ1v) is 13.6. The zero-order valence-corrected chi connectivity index (χ0v) is 21.0. The van der Waals surface area contributed by atoms with Crippen LogP contribution in [0.5, 0.6) is 0 Å². The molecule has 0 radical (unpaired) electrons. The maximum atomic E-state index is 13.8. The second kappa shape index (κ2) is 10.1. The lowest BCUT2D eigenvalue weighted by Gasteiger charge is -2.36. The van der Waals surface area contributed by atoms with Crippen molar-refractivity contribution >= 4 is 45.6 Å². The molecule has 0 aliphatic carbocycles. The number of methoxy groups -OCH3 is 1. The van der Waals surface area contributed by atoms with Crippen LogP contribution >= 0.6 is 6.89 Å². The van der Waals surface area contributed by atoms with Gasteiger partial charge in [-0.05, 0) is 22.8 Å². The van der Waals surface area contributed by atoms with Crippen molar-refractivity contribution in [3.05, 3.63) is 133 Å². The predicted octanol–water partition coefficient (Wildman–Crippen LogP) is 3.65. The first kappa shape index (κ1) is 24.5. The number of ether oxygens (including phenoxy) is 2. The van der Waals surface area contributed by atoms with E-state index in [1.165, 1.54) is 13.2 Å². The zero-order chi connectivity index (χ0) is 25.9. The lowest BCUT2D eigenvalue weighted by atomic mass is 10.1. The lowest BCUT2D eigenvalue weighted by Crippen LogP contribution is -2.52. The standard InChI is InChI=1S/C31H25O5P/c1-35-30(33)29(31(34)28(32)22-27(36-31)23-14-6-2-7-15-23)37(24-16-8-3-9-17-24,25-18-10-4-11-19-25)26-20-12-5-13-21-26/h2-22,34H,1H3/t31-/m0/s1. The highest BCUT2D eigenvalue weighted by atomic mass is 31.2. The third kappa shape index (κ3) is 4.13. The van der Waals surface area contributed by atoms with Gasteiger partial charge >= 0.3 is 11.8 Å². The van der Waals surface area contributed by atoms with E-state index < -0.39 is 24.4 Å². The van der Waals surface area contributed by atoms with Crippen LogP contribution < -0.4 is 15.9 Å². The third-order valence-corrected chi connectivity index (χ3v) is 10.8. The molecular weight excluding hydrogens is 483 g/mol. The van der Waals surface area contributed by atoms with Gasteiger partial charge in [0, 0.05) is 11.6 Å². The van der Waals surface area contributed by atoms with Gasteiger partial charge in [-0.2, -0.15) is 0 Å². The summed E-state index contributed by atoms with van der Waals surface area (Å²) in [5.41, 5.74) is 0.610. The molecule has 0 bridgehead atoms. The second-order valence-corrected chi connectivity index (χ2v) is 11.8. The molecular formula is C31H25O5P. The molecule has 1 heterocycles. The normalized spacial score (nSPS) is 17.0. The van der Waals surface area contributed by atoms with Crippen molar-refractivity contribution in [2.75, 3.05) is 7.11 Å². The smallest absolute Gasteiger partial charge is 0.342 e. The number of rotatable bonds is 6. The number of carbonyl (C=O) groups excluding carboxylic acids is 2. The molecule has 4 aromatic rings. The first-order chi connectivity index (χ1) is 18.0.